The first-order chi connectivity index (χ1) is 10.2. The zero-order chi connectivity index (χ0) is 15.2. The molecule has 2 rings (SSSR count). The van der Waals surface area contributed by atoms with Gasteiger partial charge in [0.15, 0.2) is 11.6 Å². The molecule has 21 heavy (non-hydrogen) atoms. The molecule has 0 radical (unpaired) electrons. The Balaban J connectivity index is 2.37. The fourth-order valence-electron chi connectivity index (χ4n) is 2.17. The molecule has 1 aromatic carbocycles. The van der Waals surface area contributed by atoms with Crippen LogP contribution in [0.15, 0.2) is 41.1 Å². The Morgan fingerprint density at radius 1 is 1.29 bits per heavy atom. The molecule has 0 aliphatic carbocycles. The topological polar surface area (TPSA) is 34.2 Å². The second-order valence-corrected chi connectivity index (χ2v) is 5.63. The van der Waals surface area contributed by atoms with Crippen molar-refractivity contribution in [2.75, 3.05) is 13.7 Å². The highest BCUT2D eigenvalue weighted by Crippen LogP contribution is 2.27. The minimum absolute atomic E-state index is 0.102. The molecule has 1 atom stereocenters. The number of halogens is 2. The van der Waals surface area contributed by atoms with Crippen molar-refractivity contribution in [2.24, 2.45) is 0 Å². The number of rotatable bonds is 6. The third-order valence-corrected chi connectivity index (χ3v) is 3.60. The van der Waals surface area contributed by atoms with Crippen LogP contribution in [-0.2, 0) is 0 Å². The van der Waals surface area contributed by atoms with Crippen LogP contribution in [0, 0.1) is 5.82 Å². The number of pyridine rings is 1. The lowest BCUT2D eigenvalue weighted by atomic mass is 9.99. The predicted molar refractivity (Wildman–Crippen MR) is 85.0 cm³/mol. The van der Waals surface area contributed by atoms with Crippen molar-refractivity contribution >= 4 is 15.9 Å². The molecule has 1 unspecified atom stereocenters. The fourth-order valence-corrected chi connectivity index (χ4v) is 2.55. The van der Waals surface area contributed by atoms with E-state index in [1.54, 1.807) is 18.5 Å². The fraction of sp³-hybridized carbons (Fsp3) is 0.312. The summed E-state index contributed by atoms with van der Waals surface area (Å²) >= 11 is 3.42. The molecular weight excluding hydrogens is 335 g/mol. The summed E-state index contributed by atoms with van der Waals surface area (Å²) in [7, 11) is 1.46. The smallest absolute Gasteiger partial charge is 0.165 e. The molecule has 2 aromatic rings. The van der Waals surface area contributed by atoms with Gasteiger partial charge in [-0.25, -0.2) is 4.39 Å². The molecule has 0 aliphatic heterocycles. The highest BCUT2D eigenvalue weighted by atomic mass is 79.9. The lowest BCUT2D eigenvalue weighted by molar-refractivity contribution is 0.385. The van der Waals surface area contributed by atoms with Crippen molar-refractivity contribution in [2.45, 2.75) is 19.4 Å². The number of methoxy groups -OCH3 is 1. The Bertz CT molecular complexity index is 607. The second kappa shape index (κ2) is 7.52. The molecule has 1 heterocycles. The van der Waals surface area contributed by atoms with E-state index >= 15 is 0 Å². The SMILES string of the molecule is CCCNC(c1cncc(Br)c1)c1ccc(OC)c(F)c1. The van der Waals surface area contributed by atoms with Crippen LogP contribution in [0.3, 0.4) is 0 Å². The van der Waals surface area contributed by atoms with Crippen LogP contribution in [0.4, 0.5) is 4.39 Å². The Morgan fingerprint density at radius 3 is 2.71 bits per heavy atom. The molecule has 0 aliphatic rings. The van der Waals surface area contributed by atoms with Gasteiger partial charge < -0.3 is 10.1 Å². The zero-order valence-electron chi connectivity index (χ0n) is 12.1. The van der Waals surface area contributed by atoms with Crippen LogP contribution >= 0.6 is 15.9 Å². The Kier molecular flexibility index (Phi) is 5.70. The highest BCUT2D eigenvalue weighted by Gasteiger charge is 2.16. The Labute approximate surface area is 132 Å². The van der Waals surface area contributed by atoms with E-state index in [4.69, 9.17) is 4.74 Å². The highest BCUT2D eigenvalue weighted by molar-refractivity contribution is 9.10. The summed E-state index contributed by atoms with van der Waals surface area (Å²) in [4.78, 5) is 4.19. The second-order valence-electron chi connectivity index (χ2n) is 4.72. The summed E-state index contributed by atoms with van der Waals surface area (Å²) in [6.07, 6.45) is 4.52. The third kappa shape index (κ3) is 4.02. The first kappa shape index (κ1) is 15.9. The van der Waals surface area contributed by atoms with E-state index in [2.05, 4.69) is 33.2 Å². The van der Waals surface area contributed by atoms with E-state index in [0.717, 1.165) is 28.6 Å². The van der Waals surface area contributed by atoms with E-state index in [1.807, 2.05) is 12.1 Å². The van der Waals surface area contributed by atoms with Gasteiger partial charge in [0.2, 0.25) is 0 Å². The maximum absolute atomic E-state index is 14.0. The summed E-state index contributed by atoms with van der Waals surface area (Å²) in [5.74, 6) is -0.110. The summed E-state index contributed by atoms with van der Waals surface area (Å²) < 4.78 is 19.8. The Morgan fingerprint density at radius 2 is 2.10 bits per heavy atom. The van der Waals surface area contributed by atoms with Crippen molar-refractivity contribution in [3.63, 3.8) is 0 Å². The quantitative estimate of drug-likeness (QED) is 0.850. The number of ether oxygens (including phenoxy) is 1. The standard InChI is InChI=1S/C16H18BrFN2O/c1-3-6-20-16(12-7-13(17)10-19-9-12)11-4-5-15(21-2)14(18)8-11/h4-5,7-10,16,20H,3,6H2,1-2H3. The molecule has 3 nitrogen and oxygen atoms in total. The largest absolute Gasteiger partial charge is 0.494 e. The molecule has 0 saturated carbocycles. The first-order valence-corrected chi connectivity index (χ1v) is 7.62. The van der Waals surface area contributed by atoms with Crippen molar-refractivity contribution < 1.29 is 9.13 Å². The van der Waals surface area contributed by atoms with Gasteiger partial charge >= 0.3 is 0 Å². The van der Waals surface area contributed by atoms with Gasteiger partial charge in [0.05, 0.1) is 13.2 Å². The van der Waals surface area contributed by atoms with Gasteiger partial charge in [-0.1, -0.05) is 13.0 Å². The lowest BCUT2D eigenvalue weighted by Crippen LogP contribution is -2.23. The molecule has 112 valence electrons. The van der Waals surface area contributed by atoms with Crippen molar-refractivity contribution in [1.29, 1.82) is 0 Å². The number of hydrogen-bond donors (Lipinski definition) is 1. The summed E-state index contributed by atoms with van der Waals surface area (Å²) in [6, 6.07) is 6.91. The molecular formula is C16H18BrFN2O. The lowest BCUT2D eigenvalue weighted by Gasteiger charge is -2.20. The summed E-state index contributed by atoms with van der Waals surface area (Å²) in [5, 5.41) is 3.43. The Hall–Kier alpha value is -1.46. The van der Waals surface area contributed by atoms with Crippen LogP contribution in [-0.4, -0.2) is 18.6 Å². The number of aromatic nitrogens is 1. The van der Waals surface area contributed by atoms with Crippen molar-refractivity contribution in [1.82, 2.24) is 10.3 Å². The number of benzene rings is 1. The van der Waals surface area contributed by atoms with E-state index in [0.29, 0.717) is 0 Å². The zero-order valence-corrected chi connectivity index (χ0v) is 13.7. The molecule has 0 amide bonds. The minimum Gasteiger partial charge on any atom is -0.494 e. The maximum Gasteiger partial charge on any atom is 0.165 e. The van der Waals surface area contributed by atoms with E-state index in [9.17, 15) is 4.39 Å². The molecule has 0 bridgehead atoms. The van der Waals surface area contributed by atoms with Crippen LogP contribution in [0.5, 0.6) is 5.75 Å². The molecule has 0 saturated heterocycles. The van der Waals surface area contributed by atoms with Crippen LogP contribution in [0.2, 0.25) is 0 Å². The maximum atomic E-state index is 14.0. The van der Waals surface area contributed by atoms with E-state index < -0.39 is 0 Å². The van der Waals surface area contributed by atoms with Gasteiger partial charge in [-0.15, -0.1) is 0 Å². The average molecular weight is 353 g/mol. The monoisotopic (exact) mass is 352 g/mol. The first-order valence-electron chi connectivity index (χ1n) is 6.83. The van der Waals surface area contributed by atoms with E-state index in [-0.39, 0.29) is 17.6 Å². The average Bonchev–Trinajstić information content (AvgIpc) is 2.48. The predicted octanol–water partition coefficient (Wildman–Crippen LogP) is 4.08. The number of hydrogen-bond acceptors (Lipinski definition) is 3. The molecule has 0 fully saturated rings. The van der Waals surface area contributed by atoms with Gasteiger partial charge in [0, 0.05) is 16.9 Å². The van der Waals surface area contributed by atoms with Crippen molar-refractivity contribution in [3.05, 3.63) is 58.1 Å². The number of nitrogens with zero attached hydrogens (tertiary/aromatic N) is 1. The van der Waals surface area contributed by atoms with Gasteiger partial charge in [-0.05, 0) is 58.2 Å². The van der Waals surface area contributed by atoms with Crippen LogP contribution < -0.4 is 10.1 Å². The van der Waals surface area contributed by atoms with Gasteiger partial charge in [-0.2, -0.15) is 0 Å². The summed E-state index contributed by atoms with van der Waals surface area (Å²) in [6.45, 7) is 2.93. The third-order valence-electron chi connectivity index (χ3n) is 3.17. The summed E-state index contributed by atoms with van der Waals surface area (Å²) in [5.41, 5.74) is 1.84. The van der Waals surface area contributed by atoms with Crippen molar-refractivity contribution in [3.8, 4) is 5.75 Å². The normalized spacial score (nSPS) is 12.2. The molecule has 0 spiro atoms. The van der Waals surface area contributed by atoms with Gasteiger partial charge in [-0.3, -0.25) is 4.98 Å². The van der Waals surface area contributed by atoms with Crippen LogP contribution in [0.1, 0.15) is 30.5 Å². The van der Waals surface area contributed by atoms with E-state index in [1.165, 1.54) is 13.2 Å². The van der Waals surface area contributed by atoms with Crippen LogP contribution in [0.25, 0.3) is 0 Å². The minimum atomic E-state index is -0.360. The molecule has 1 aromatic heterocycles. The molecule has 1 N–H and O–H groups in total. The van der Waals surface area contributed by atoms with Gasteiger partial charge in [0.1, 0.15) is 0 Å². The van der Waals surface area contributed by atoms with Gasteiger partial charge in [0.25, 0.3) is 0 Å². The number of nitrogens with one attached hydrogen (secondary N) is 1. The molecule has 5 heteroatoms.